The molecule has 0 atom stereocenters. The lowest BCUT2D eigenvalue weighted by molar-refractivity contribution is 0.592. The number of nitrogens with one attached hydrogen (secondary N) is 2. The largest absolute Gasteiger partial charge is 0.355 e. The topological polar surface area (TPSA) is 91.5 Å². The molecule has 8 bridgehead atoms. The van der Waals surface area contributed by atoms with Gasteiger partial charge in [-0.3, -0.25) is 0 Å². The van der Waals surface area contributed by atoms with E-state index in [-0.39, 0.29) is 16.6 Å². The summed E-state index contributed by atoms with van der Waals surface area (Å²) in [6.45, 7) is 0. The molecule has 1 fully saturated rings. The summed E-state index contributed by atoms with van der Waals surface area (Å²) < 4.78 is 26.7. The van der Waals surface area contributed by atoms with Gasteiger partial charge in [-0.25, -0.2) is 18.4 Å². The van der Waals surface area contributed by atoms with Gasteiger partial charge in [-0.05, 0) is 85.5 Å². The molecule has 0 amide bonds. The highest BCUT2D eigenvalue weighted by Gasteiger charge is 2.31. The van der Waals surface area contributed by atoms with E-state index in [1.165, 1.54) is 0 Å². The minimum absolute atomic E-state index is 0.163. The van der Waals surface area contributed by atoms with Gasteiger partial charge in [0.1, 0.15) is 4.90 Å². The first kappa shape index (κ1) is 18.3. The van der Waals surface area contributed by atoms with Crippen molar-refractivity contribution in [3.8, 4) is 0 Å². The fraction of sp³-hybridized carbons (Fsp3) is 0.167. The highest BCUT2D eigenvalue weighted by Crippen LogP contribution is 2.34. The summed E-state index contributed by atoms with van der Waals surface area (Å²) in [5, 5.41) is 0. The van der Waals surface area contributed by atoms with Crippen LogP contribution in [-0.4, -0.2) is 34.1 Å². The average Bonchev–Trinajstić information content (AvgIpc) is 3.17. The molecule has 2 aliphatic heterocycles. The maximum Gasteiger partial charge on any atom is 0.182 e. The second kappa shape index (κ2) is 6.78. The highest BCUT2D eigenvalue weighted by atomic mass is 32.2. The molecule has 2 N–H and O–H groups in total. The zero-order chi connectivity index (χ0) is 21.0. The third-order valence-electron chi connectivity index (χ3n) is 5.63. The lowest BCUT2D eigenvalue weighted by Crippen LogP contribution is -2.10. The maximum atomic E-state index is 13.3. The predicted molar refractivity (Wildman–Crippen MR) is 124 cm³/mol. The van der Waals surface area contributed by atoms with Crippen LogP contribution in [0.1, 0.15) is 35.6 Å². The van der Waals surface area contributed by atoms with Crippen molar-refractivity contribution in [2.75, 3.05) is 5.75 Å². The molecule has 0 saturated heterocycles. The number of aromatic nitrogens is 4. The Morgan fingerprint density at radius 2 is 1.42 bits per heavy atom. The third kappa shape index (κ3) is 3.61. The van der Waals surface area contributed by atoms with Crippen molar-refractivity contribution in [2.45, 2.75) is 17.7 Å². The van der Waals surface area contributed by atoms with Gasteiger partial charge in [-0.15, -0.1) is 0 Å². The standard InChI is InChI=1S/C24H20N4O2S/c29-31(30,14-15-1-2-15)24-22-9-7-20(27-22)12-18-5-3-16(25-18)11-17-4-6-19(26-17)13-21-8-10-23(24)28-21/h3-13,15,25,27H,1-2,14H2. The quantitative estimate of drug-likeness (QED) is 0.430. The number of hydrogen-bond donors (Lipinski definition) is 2. The molecule has 1 saturated carbocycles. The van der Waals surface area contributed by atoms with Crippen LogP contribution in [0.3, 0.4) is 0 Å². The second-order valence-electron chi connectivity index (χ2n) is 8.23. The number of fused-ring (bicyclic) bond motifs is 8. The Morgan fingerprint density at radius 1 is 0.774 bits per heavy atom. The number of rotatable bonds is 3. The van der Waals surface area contributed by atoms with Gasteiger partial charge >= 0.3 is 0 Å². The molecule has 31 heavy (non-hydrogen) atoms. The van der Waals surface area contributed by atoms with Crippen LogP contribution >= 0.6 is 0 Å². The van der Waals surface area contributed by atoms with Crippen molar-refractivity contribution in [3.63, 3.8) is 0 Å². The summed E-state index contributed by atoms with van der Waals surface area (Å²) in [5.41, 5.74) is 6.03. The Morgan fingerprint density at radius 3 is 2.23 bits per heavy atom. The van der Waals surface area contributed by atoms with Gasteiger partial charge in [0.05, 0.1) is 34.0 Å². The molecule has 7 heteroatoms. The number of nitrogens with zero attached hydrogens (tertiary/aromatic N) is 2. The molecule has 3 aromatic heterocycles. The van der Waals surface area contributed by atoms with E-state index in [0.29, 0.717) is 16.9 Å². The van der Waals surface area contributed by atoms with Crippen molar-refractivity contribution in [3.05, 3.63) is 65.2 Å². The molecule has 0 spiro atoms. The molecule has 5 heterocycles. The van der Waals surface area contributed by atoms with Crippen LogP contribution in [0.5, 0.6) is 0 Å². The SMILES string of the molecule is O=S(=O)(CC1CC1)c1c2nc(cc3nc(cc4ccc(cc5ccc1[nH]5)[nH]4)C=C3)C=C2. The van der Waals surface area contributed by atoms with Crippen LogP contribution in [0, 0.1) is 5.92 Å². The Balaban J connectivity index is 1.68. The van der Waals surface area contributed by atoms with Crippen LogP contribution in [0.25, 0.3) is 46.4 Å². The average molecular weight is 429 g/mol. The van der Waals surface area contributed by atoms with Gasteiger partial charge in [0.25, 0.3) is 0 Å². The number of sulfone groups is 1. The Bertz CT molecular complexity index is 1540. The van der Waals surface area contributed by atoms with Gasteiger partial charge in [0.15, 0.2) is 9.84 Å². The first-order valence-corrected chi connectivity index (χ1v) is 12.0. The fourth-order valence-electron chi connectivity index (χ4n) is 3.99. The molecular weight excluding hydrogens is 408 g/mol. The first-order valence-electron chi connectivity index (χ1n) is 10.3. The summed E-state index contributed by atoms with van der Waals surface area (Å²) >= 11 is 0. The van der Waals surface area contributed by atoms with E-state index in [1.807, 2.05) is 60.7 Å². The maximum absolute atomic E-state index is 13.3. The summed E-state index contributed by atoms with van der Waals surface area (Å²) in [4.78, 5) is 16.2. The molecule has 0 unspecified atom stereocenters. The van der Waals surface area contributed by atoms with Crippen LogP contribution in [0.2, 0.25) is 0 Å². The van der Waals surface area contributed by atoms with E-state index in [4.69, 9.17) is 0 Å². The summed E-state index contributed by atoms with van der Waals surface area (Å²) in [6, 6.07) is 13.5. The lowest BCUT2D eigenvalue weighted by atomic mass is 10.3. The van der Waals surface area contributed by atoms with Gasteiger partial charge in [-0.2, -0.15) is 0 Å². The molecule has 0 aromatic carbocycles. The number of hydrogen-bond acceptors (Lipinski definition) is 4. The first-order chi connectivity index (χ1) is 15.0. The third-order valence-corrected chi connectivity index (χ3v) is 7.60. The van der Waals surface area contributed by atoms with Gasteiger partial charge < -0.3 is 9.97 Å². The zero-order valence-electron chi connectivity index (χ0n) is 16.7. The van der Waals surface area contributed by atoms with E-state index in [2.05, 4.69) is 19.9 Å². The van der Waals surface area contributed by atoms with Crippen LogP contribution in [0.4, 0.5) is 0 Å². The monoisotopic (exact) mass is 428 g/mol. The van der Waals surface area contributed by atoms with Crippen molar-refractivity contribution < 1.29 is 8.42 Å². The predicted octanol–water partition coefficient (Wildman–Crippen LogP) is 4.84. The fourth-order valence-corrected chi connectivity index (χ4v) is 5.99. The van der Waals surface area contributed by atoms with E-state index in [9.17, 15) is 8.42 Å². The van der Waals surface area contributed by atoms with E-state index in [0.717, 1.165) is 40.8 Å². The molecule has 1 aliphatic carbocycles. The van der Waals surface area contributed by atoms with Crippen molar-refractivity contribution in [2.24, 2.45) is 5.92 Å². The summed E-state index contributed by atoms with van der Waals surface area (Å²) in [7, 11) is -3.49. The van der Waals surface area contributed by atoms with Crippen LogP contribution in [-0.2, 0) is 9.84 Å². The smallest absolute Gasteiger partial charge is 0.182 e. The molecule has 154 valence electrons. The summed E-state index contributed by atoms with van der Waals surface area (Å²) in [6.07, 6.45) is 9.44. The Hall–Kier alpha value is -3.45. The molecule has 6 rings (SSSR count). The number of aromatic amines is 2. The van der Waals surface area contributed by atoms with Gasteiger partial charge in [0.2, 0.25) is 0 Å². The Kier molecular flexibility index (Phi) is 4.01. The van der Waals surface area contributed by atoms with Crippen molar-refractivity contribution in [1.82, 2.24) is 19.9 Å². The van der Waals surface area contributed by atoms with Crippen LogP contribution < -0.4 is 0 Å². The normalized spacial score (nSPS) is 15.5. The zero-order valence-corrected chi connectivity index (χ0v) is 17.5. The molecule has 3 aromatic rings. The van der Waals surface area contributed by atoms with Gasteiger partial charge in [0, 0.05) is 16.6 Å². The Labute approximate surface area is 179 Å². The van der Waals surface area contributed by atoms with E-state index < -0.39 is 9.84 Å². The minimum Gasteiger partial charge on any atom is -0.355 e. The highest BCUT2D eigenvalue weighted by molar-refractivity contribution is 7.91. The molecule has 6 nitrogen and oxygen atoms in total. The van der Waals surface area contributed by atoms with E-state index in [1.54, 1.807) is 6.08 Å². The van der Waals surface area contributed by atoms with Crippen molar-refractivity contribution in [1.29, 1.82) is 0 Å². The molecule has 0 radical (unpaired) electrons. The van der Waals surface area contributed by atoms with Gasteiger partial charge in [-0.1, -0.05) is 0 Å². The molecule has 3 aliphatic rings. The summed E-state index contributed by atoms with van der Waals surface area (Å²) in [5.74, 6) is 0.413. The molecular formula is C24H20N4O2S. The minimum atomic E-state index is -3.49. The van der Waals surface area contributed by atoms with Crippen molar-refractivity contribution >= 4 is 56.2 Å². The number of H-pyrrole nitrogens is 2. The van der Waals surface area contributed by atoms with E-state index >= 15 is 0 Å². The van der Waals surface area contributed by atoms with Crippen LogP contribution in [0.15, 0.2) is 47.4 Å². The second-order valence-corrected chi connectivity index (χ2v) is 10.2. The lowest BCUT2D eigenvalue weighted by Gasteiger charge is -2.05.